The average molecular weight is 371 g/mol. The molecule has 5 heteroatoms. The molecule has 0 aromatic heterocycles. The summed E-state index contributed by atoms with van der Waals surface area (Å²) in [5, 5.41) is 8.66. The Morgan fingerprint density at radius 1 is 1.00 bits per heavy atom. The van der Waals surface area contributed by atoms with E-state index in [9.17, 15) is 4.79 Å². The second-order valence-electron chi connectivity index (χ2n) is 7.94. The largest absolute Gasteiger partial charge is 0.481 e. The second-order valence-corrected chi connectivity index (χ2v) is 9.16. The number of fused-ring (bicyclic) bond motifs is 2. The second kappa shape index (κ2) is 10.2. The van der Waals surface area contributed by atoms with Crippen molar-refractivity contribution in [2.45, 2.75) is 88.9 Å². The Hall–Kier alpha value is -0.260. The van der Waals surface area contributed by atoms with E-state index < -0.39 is 5.97 Å². The molecule has 3 aliphatic rings. The molecule has 2 heterocycles. The number of carbonyl (C=O) groups is 1. The third kappa shape index (κ3) is 5.86. The van der Waals surface area contributed by atoms with E-state index in [-0.39, 0.29) is 0 Å². The molecule has 0 aromatic carbocycles. The van der Waals surface area contributed by atoms with Gasteiger partial charge in [-0.3, -0.25) is 4.79 Å². The summed E-state index contributed by atoms with van der Waals surface area (Å²) < 4.78 is 12.3. The molecular weight excluding hydrogens is 336 g/mol. The molecule has 3 fully saturated rings. The molecule has 1 saturated carbocycles. The standard InChI is InChI=1S/C20H34O4S/c21-20(22)7-3-4-13-25-14-11-17-16(18-8-9-19(17)24-18)10-12-23-15-5-1-2-6-15/h15-19H,1-14H2,(H,21,22)/t16-,17+,18-,19+/m0/s1. The third-order valence-corrected chi connectivity index (χ3v) is 7.32. The molecule has 3 rings (SSSR count). The number of hydrogen-bond donors (Lipinski definition) is 1. The molecule has 0 amide bonds. The predicted molar refractivity (Wildman–Crippen MR) is 101 cm³/mol. The highest BCUT2D eigenvalue weighted by Gasteiger charge is 2.47. The van der Waals surface area contributed by atoms with E-state index in [2.05, 4.69) is 0 Å². The van der Waals surface area contributed by atoms with Gasteiger partial charge in [0.1, 0.15) is 0 Å². The van der Waals surface area contributed by atoms with E-state index in [1.54, 1.807) is 0 Å². The predicted octanol–water partition coefficient (Wildman–Crippen LogP) is 4.51. The van der Waals surface area contributed by atoms with Gasteiger partial charge in [0.2, 0.25) is 0 Å². The van der Waals surface area contributed by atoms with E-state index in [1.165, 1.54) is 57.1 Å². The molecule has 0 radical (unpaired) electrons. The van der Waals surface area contributed by atoms with Crippen LogP contribution in [0.3, 0.4) is 0 Å². The lowest BCUT2D eigenvalue weighted by Gasteiger charge is -2.28. The van der Waals surface area contributed by atoms with E-state index in [0.717, 1.165) is 31.1 Å². The number of thioether (sulfide) groups is 1. The van der Waals surface area contributed by atoms with Crippen LogP contribution >= 0.6 is 11.8 Å². The number of carboxylic acids is 1. The van der Waals surface area contributed by atoms with Gasteiger partial charge in [0.05, 0.1) is 18.3 Å². The van der Waals surface area contributed by atoms with E-state index in [4.69, 9.17) is 14.6 Å². The highest BCUT2D eigenvalue weighted by molar-refractivity contribution is 7.99. The summed E-state index contributed by atoms with van der Waals surface area (Å²) in [6.45, 7) is 0.917. The van der Waals surface area contributed by atoms with Gasteiger partial charge in [-0.1, -0.05) is 12.8 Å². The maximum atomic E-state index is 10.5. The fourth-order valence-electron chi connectivity index (χ4n) is 4.90. The Kier molecular flexibility index (Phi) is 7.93. The molecule has 1 N–H and O–H groups in total. The number of ether oxygens (including phenoxy) is 2. The molecule has 4 nitrogen and oxygen atoms in total. The van der Waals surface area contributed by atoms with Crippen LogP contribution in [0.1, 0.15) is 70.6 Å². The van der Waals surface area contributed by atoms with Crippen LogP contribution in [0, 0.1) is 11.8 Å². The SMILES string of the molecule is O=C(O)CCCCSCC[C@@H]1[C@H](CCOC2CCCC2)[C@@H]2CC[C@H]1O2. The number of aliphatic carboxylic acids is 1. The van der Waals surface area contributed by atoms with Crippen LogP contribution in [0.25, 0.3) is 0 Å². The van der Waals surface area contributed by atoms with E-state index in [1.807, 2.05) is 11.8 Å². The van der Waals surface area contributed by atoms with Gasteiger partial charge in [0.25, 0.3) is 0 Å². The molecule has 1 aliphatic carbocycles. The number of rotatable bonds is 12. The first-order valence-electron chi connectivity index (χ1n) is 10.3. The molecule has 0 unspecified atom stereocenters. The van der Waals surface area contributed by atoms with Crippen LogP contribution in [0.2, 0.25) is 0 Å². The minimum Gasteiger partial charge on any atom is -0.481 e. The zero-order chi connectivity index (χ0) is 17.5. The van der Waals surface area contributed by atoms with Crippen LogP contribution in [0.5, 0.6) is 0 Å². The van der Waals surface area contributed by atoms with Gasteiger partial charge in [-0.25, -0.2) is 0 Å². The Labute approximate surface area is 156 Å². The van der Waals surface area contributed by atoms with Gasteiger partial charge in [-0.2, -0.15) is 11.8 Å². The summed E-state index contributed by atoms with van der Waals surface area (Å²) in [4.78, 5) is 10.5. The smallest absolute Gasteiger partial charge is 0.303 e. The van der Waals surface area contributed by atoms with Crippen LogP contribution in [0.4, 0.5) is 0 Å². The van der Waals surface area contributed by atoms with Crippen LogP contribution in [-0.4, -0.2) is 47.5 Å². The molecule has 4 atom stereocenters. The Balaban J connectivity index is 1.30. The monoisotopic (exact) mass is 370 g/mol. The zero-order valence-corrected chi connectivity index (χ0v) is 16.2. The maximum absolute atomic E-state index is 10.5. The highest BCUT2D eigenvalue weighted by atomic mass is 32.2. The fourth-order valence-corrected chi connectivity index (χ4v) is 5.95. The highest BCUT2D eigenvalue weighted by Crippen LogP contribution is 2.46. The lowest BCUT2D eigenvalue weighted by molar-refractivity contribution is -0.137. The van der Waals surface area contributed by atoms with Gasteiger partial charge in [0, 0.05) is 13.0 Å². The van der Waals surface area contributed by atoms with Gasteiger partial charge < -0.3 is 14.6 Å². The van der Waals surface area contributed by atoms with Crippen molar-refractivity contribution in [2.75, 3.05) is 18.1 Å². The van der Waals surface area contributed by atoms with Gasteiger partial charge in [-0.05, 0) is 74.7 Å². The first-order chi connectivity index (χ1) is 12.2. The van der Waals surface area contributed by atoms with Crippen LogP contribution in [-0.2, 0) is 14.3 Å². The molecular formula is C20H34O4S. The lowest BCUT2D eigenvalue weighted by Crippen LogP contribution is -2.29. The Morgan fingerprint density at radius 2 is 1.72 bits per heavy atom. The van der Waals surface area contributed by atoms with Crippen LogP contribution < -0.4 is 0 Å². The topological polar surface area (TPSA) is 55.8 Å². The molecule has 144 valence electrons. The van der Waals surface area contributed by atoms with E-state index in [0.29, 0.717) is 30.7 Å². The maximum Gasteiger partial charge on any atom is 0.303 e. The van der Waals surface area contributed by atoms with Crippen LogP contribution in [0.15, 0.2) is 0 Å². The van der Waals surface area contributed by atoms with Gasteiger partial charge >= 0.3 is 5.97 Å². The number of hydrogen-bond acceptors (Lipinski definition) is 4. The van der Waals surface area contributed by atoms with Crippen molar-refractivity contribution < 1.29 is 19.4 Å². The summed E-state index contributed by atoms with van der Waals surface area (Å²) >= 11 is 1.99. The van der Waals surface area contributed by atoms with Crippen molar-refractivity contribution in [3.8, 4) is 0 Å². The minimum atomic E-state index is -0.674. The van der Waals surface area contributed by atoms with Gasteiger partial charge in [-0.15, -0.1) is 0 Å². The summed E-state index contributed by atoms with van der Waals surface area (Å²) in [5.41, 5.74) is 0. The number of unbranched alkanes of at least 4 members (excludes halogenated alkanes) is 1. The lowest BCUT2D eigenvalue weighted by atomic mass is 9.76. The Bertz CT molecular complexity index is 411. The van der Waals surface area contributed by atoms with Crippen molar-refractivity contribution in [1.29, 1.82) is 0 Å². The third-order valence-electron chi connectivity index (χ3n) is 6.22. The quantitative estimate of drug-likeness (QED) is 0.512. The van der Waals surface area contributed by atoms with Gasteiger partial charge in [0.15, 0.2) is 0 Å². The summed E-state index contributed by atoms with van der Waals surface area (Å²) in [6, 6.07) is 0. The molecule has 25 heavy (non-hydrogen) atoms. The van der Waals surface area contributed by atoms with Crippen molar-refractivity contribution in [3.05, 3.63) is 0 Å². The molecule has 0 aromatic rings. The summed E-state index contributed by atoms with van der Waals surface area (Å²) in [5.74, 6) is 3.02. The van der Waals surface area contributed by atoms with Crippen molar-refractivity contribution in [1.82, 2.24) is 0 Å². The first-order valence-corrected chi connectivity index (χ1v) is 11.5. The Morgan fingerprint density at radius 3 is 2.44 bits per heavy atom. The van der Waals surface area contributed by atoms with Crippen molar-refractivity contribution in [3.63, 3.8) is 0 Å². The minimum absolute atomic E-state index is 0.309. The molecule has 2 aliphatic heterocycles. The molecule has 2 saturated heterocycles. The zero-order valence-electron chi connectivity index (χ0n) is 15.4. The molecule has 0 spiro atoms. The summed E-state index contributed by atoms with van der Waals surface area (Å²) in [7, 11) is 0. The van der Waals surface area contributed by atoms with E-state index >= 15 is 0 Å². The van der Waals surface area contributed by atoms with Crippen molar-refractivity contribution >= 4 is 17.7 Å². The fraction of sp³-hybridized carbons (Fsp3) is 0.950. The normalized spacial score (nSPS) is 31.8. The molecule has 2 bridgehead atoms. The average Bonchev–Trinajstić information content (AvgIpc) is 3.31. The number of carboxylic acid groups (broad SMARTS) is 1. The summed E-state index contributed by atoms with van der Waals surface area (Å²) in [6.07, 6.45) is 13.8. The first kappa shape index (κ1) is 19.5. The van der Waals surface area contributed by atoms with Crippen molar-refractivity contribution in [2.24, 2.45) is 11.8 Å².